The molecule has 1 aromatic carbocycles. The van der Waals surface area contributed by atoms with Crippen LogP contribution in [0.3, 0.4) is 0 Å². The van der Waals surface area contributed by atoms with Crippen molar-refractivity contribution < 1.29 is 9.15 Å². The van der Waals surface area contributed by atoms with Crippen LogP contribution in [0.2, 0.25) is 0 Å². The van der Waals surface area contributed by atoms with E-state index in [-0.39, 0.29) is 0 Å². The van der Waals surface area contributed by atoms with Crippen molar-refractivity contribution in [3.8, 4) is 10.9 Å². The molecule has 1 fully saturated rings. The molecule has 0 atom stereocenters. The molecule has 1 aliphatic heterocycles. The topological polar surface area (TPSA) is 54.6 Å². The van der Waals surface area contributed by atoms with Gasteiger partial charge in [-0.1, -0.05) is 11.3 Å². The van der Waals surface area contributed by atoms with Gasteiger partial charge in [-0.3, -0.25) is 4.90 Å². The van der Waals surface area contributed by atoms with Gasteiger partial charge < -0.3 is 14.1 Å². The summed E-state index contributed by atoms with van der Waals surface area (Å²) in [5, 5.41) is 1.73. The molecule has 0 N–H and O–H groups in total. The minimum Gasteiger partial charge on any atom is -0.464 e. The largest absolute Gasteiger partial charge is 0.464 e. The van der Waals surface area contributed by atoms with Gasteiger partial charge in [0.2, 0.25) is 0 Å². The van der Waals surface area contributed by atoms with Gasteiger partial charge in [-0.2, -0.15) is 4.98 Å². The van der Waals surface area contributed by atoms with E-state index in [1.807, 2.05) is 30.5 Å². The highest BCUT2D eigenvalue weighted by molar-refractivity contribution is 7.20. The van der Waals surface area contributed by atoms with E-state index in [0.717, 1.165) is 28.0 Å². The molecule has 0 unspecified atom stereocenters. The summed E-state index contributed by atoms with van der Waals surface area (Å²) in [5.41, 5.74) is 2.77. The SMILES string of the molecule is CN1CCC(N(C)Cc2coc3cc(Oc4nc5ncccc5s4)ccc23)CC1. The van der Waals surface area contributed by atoms with Crippen molar-refractivity contribution in [1.82, 2.24) is 19.8 Å². The third kappa shape index (κ3) is 3.85. The number of pyridine rings is 1. The fraction of sp³-hybridized carbons (Fsp3) is 0.364. The van der Waals surface area contributed by atoms with Crippen molar-refractivity contribution in [3.63, 3.8) is 0 Å². The number of likely N-dealkylation sites (tertiary alicyclic amines) is 1. The second-order valence-corrected chi connectivity index (χ2v) is 8.77. The van der Waals surface area contributed by atoms with Gasteiger partial charge in [0.1, 0.15) is 11.3 Å². The Morgan fingerprint density at radius 1 is 1.28 bits per heavy atom. The van der Waals surface area contributed by atoms with E-state index in [1.54, 1.807) is 6.20 Å². The quantitative estimate of drug-likeness (QED) is 0.475. The monoisotopic (exact) mass is 408 g/mol. The maximum Gasteiger partial charge on any atom is 0.281 e. The number of furan rings is 1. The molecule has 0 radical (unpaired) electrons. The molecule has 0 bridgehead atoms. The van der Waals surface area contributed by atoms with Gasteiger partial charge in [0, 0.05) is 35.8 Å². The third-order valence-electron chi connectivity index (χ3n) is 5.71. The number of aromatic nitrogens is 2. The molecule has 3 aromatic heterocycles. The van der Waals surface area contributed by atoms with Gasteiger partial charge in [-0.15, -0.1) is 0 Å². The molecule has 7 heteroatoms. The zero-order valence-electron chi connectivity index (χ0n) is 16.7. The number of benzene rings is 1. The van der Waals surface area contributed by atoms with Crippen molar-refractivity contribution in [3.05, 3.63) is 48.4 Å². The van der Waals surface area contributed by atoms with Gasteiger partial charge in [-0.05, 0) is 64.3 Å². The minimum atomic E-state index is 0.590. The van der Waals surface area contributed by atoms with Crippen molar-refractivity contribution >= 4 is 32.7 Å². The Morgan fingerprint density at radius 2 is 2.14 bits per heavy atom. The van der Waals surface area contributed by atoms with E-state index in [0.29, 0.717) is 16.9 Å². The smallest absolute Gasteiger partial charge is 0.281 e. The van der Waals surface area contributed by atoms with E-state index in [9.17, 15) is 0 Å². The number of piperidine rings is 1. The first kappa shape index (κ1) is 18.5. The van der Waals surface area contributed by atoms with Gasteiger partial charge in [0.15, 0.2) is 5.65 Å². The molecule has 4 aromatic rings. The summed E-state index contributed by atoms with van der Waals surface area (Å²) in [6.45, 7) is 3.23. The summed E-state index contributed by atoms with van der Waals surface area (Å²) < 4.78 is 12.8. The van der Waals surface area contributed by atoms with Crippen LogP contribution in [0.25, 0.3) is 21.3 Å². The van der Waals surface area contributed by atoms with Crippen LogP contribution in [0, 0.1) is 0 Å². The van der Waals surface area contributed by atoms with Crippen LogP contribution in [-0.2, 0) is 6.54 Å². The molecule has 0 aliphatic carbocycles. The van der Waals surface area contributed by atoms with Crippen LogP contribution in [0.5, 0.6) is 10.9 Å². The predicted molar refractivity (Wildman–Crippen MR) is 116 cm³/mol. The van der Waals surface area contributed by atoms with Crippen molar-refractivity contribution in [2.45, 2.75) is 25.4 Å². The van der Waals surface area contributed by atoms with E-state index < -0.39 is 0 Å². The van der Waals surface area contributed by atoms with Crippen molar-refractivity contribution in [1.29, 1.82) is 0 Å². The zero-order chi connectivity index (χ0) is 19.8. The predicted octanol–water partition coefficient (Wildman–Crippen LogP) is 4.76. The Bertz CT molecular complexity index is 1100. The van der Waals surface area contributed by atoms with E-state index in [4.69, 9.17) is 9.15 Å². The van der Waals surface area contributed by atoms with Crippen LogP contribution >= 0.6 is 11.3 Å². The molecule has 150 valence electrons. The molecule has 0 spiro atoms. The van der Waals surface area contributed by atoms with Crippen LogP contribution in [0.1, 0.15) is 18.4 Å². The number of hydrogen-bond acceptors (Lipinski definition) is 7. The van der Waals surface area contributed by atoms with Gasteiger partial charge in [0.25, 0.3) is 5.19 Å². The summed E-state index contributed by atoms with van der Waals surface area (Å²) in [6.07, 6.45) is 6.06. The number of thiazole rings is 1. The zero-order valence-corrected chi connectivity index (χ0v) is 17.5. The molecule has 1 saturated heterocycles. The molecule has 29 heavy (non-hydrogen) atoms. The number of fused-ring (bicyclic) bond motifs is 2. The minimum absolute atomic E-state index is 0.590. The maximum atomic E-state index is 5.96. The van der Waals surface area contributed by atoms with Crippen molar-refractivity contribution in [2.75, 3.05) is 27.2 Å². The Kier molecular flexibility index (Phi) is 4.95. The first-order valence-electron chi connectivity index (χ1n) is 9.94. The Hall–Kier alpha value is -2.48. The fourth-order valence-electron chi connectivity index (χ4n) is 3.98. The van der Waals surface area contributed by atoms with Crippen molar-refractivity contribution in [2.24, 2.45) is 0 Å². The summed E-state index contributed by atoms with van der Waals surface area (Å²) in [5.74, 6) is 0.723. The highest BCUT2D eigenvalue weighted by atomic mass is 32.1. The summed E-state index contributed by atoms with van der Waals surface area (Å²) in [7, 11) is 4.41. The molecular weight excluding hydrogens is 384 g/mol. The first-order chi connectivity index (χ1) is 14.2. The van der Waals surface area contributed by atoms with Gasteiger partial charge >= 0.3 is 0 Å². The number of hydrogen-bond donors (Lipinski definition) is 0. The van der Waals surface area contributed by atoms with Crippen LogP contribution in [-0.4, -0.2) is 53.0 Å². The molecule has 5 rings (SSSR count). The average molecular weight is 409 g/mol. The lowest BCUT2D eigenvalue weighted by molar-refractivity contribution is 0.139. The van der Waals surface area contributed by atoms with E-state index >= 15 is 0 Å². The number of ether oxygens (including phenoxy) is 1. The lowest BCUT2D eigenvalue weighted by atomic mass is 10.0. The molecule has 1 aliphatic rings. The lowest BCUT2D eigenvalue weighted by Crippen LogP contribution is -2.41. The van der Waals surface area contributed by atoms with Crippen LogP contribution in [0.15, 0.2) is 47.2 Å². The Balaban J connectivity index is 1.31. The van der Waals surface area contributed by atoms with Crippen LogP contribution in [0.4, 0.5) is 0 Å². The normalized spacial score (nSPS) is 16.2. The second kappa shape index (κ2) is 7.74. The summed E-state index contributed by atoms with van der Waals surface area (Å²) in [6, 6.07) is 10.5. The fourth-order valence-corrected chi connectivity index (χ4v) is 4.77. The lowest BCUT2D eigenvalue weighted by Gasteiger charge is -2.35. The highest BCUT2D eigenvalue weighted by Gasteiger charge is 2.21. The standard InChI is InChI=1S/C22H24N4O2S/c1-25-10-7-16(8-11-25)26(2)13-15-14-27-19-12-17(5-6-18(15)19)28-22-24-21-20(29-22)4-3-9-23-21/h3-6,9,12,14,16H,7-8,10-11,13H2,1-2H3. The molecule has 0 saturated carbocycles. The molecule has 4 heterocycles. The third-order valence-corrected chi connectivity index (χ3v) is 6.60. The van der Waals surface area contributed by atoms with Crippen LogP contribution < -0.4 is 4.74 Å². The summed E-state index contributed by atoms with van der Waals surface area (Å²) >= 11 is 1.49. The van der Waals surface area contributed by atoms with Gasteiger partial charge in [-0.25, -0.2) is 4.98 Å². The number of rotatable bonds is 5. The summed E-state index contributed by atoms with van der Waals surface area (Å²) in [4.78, 5) is 13.6. The average Bonchev–Trinajstić information content (AvgIpc) is 3.31. The number of nitrogens with zero attached hydrogens (tertiary/aromatic N) is 4. The first-order valence-corrected chi connectivity index (χ1v) is 10.8. The van der Waals surface area contributed by atoms with E-state index in [1.165, 1.54) is 42.8 Å². The Morgan fingerprint density at radius 3 is 2.97 bits per heavy atom. The van der Waals surface area contributed by atoms with Gasteiger partial charge in [0.05, 0.1) is 11.0 Å². The Labute approximate surface area is 173 Å². The second-order valence-electron chi connectivity index (χ2n) is 7.78. The highest BCUT2D eigenvalue weighted by Crippen LogP contribution is 2.33. The maximum absolute atomic E-state index is 5.96. The molecule has 6 nitrogen and oxygen atoms in total. The molecular formula is C22H24N4O2S. The molecule has 0 amide bonds. The van der Waals surface area contributed by atoms with E-state index in [2.05, 4.69) is 39.9 Å².